The van der Waals surface area contributed by atoms with Gasteiger partial charge in [-0.25, -0.2) is 0 Å². The Bertz CT molecular complexity index is 244. The van der Waals surface area contributed by atoms with E-state index < -0.39 is 0 Å². The zero-order chi connectivity index (χ0) is 12.1. The fraction of sp³-hybridized carbons (Fsp3) is 1.00. The number of nitrogens with zero attached hydrogens (tertiary/aromatic N) is 1. The van der Waals surface area contributed by atoms with Gasteiger partial charge in [0.15, 0.2) is 0 Å². The van der Waals surface area contributed by atoms with E-state index in [1.54, 1.807) is 0 Å². The molecule has 0 aromatic rings. The highest BCUT2D eigenvalue weighted by atomic mass is 16.5. The van der Waals surface area contributed by atoms with E-state index in [0.29, 0.717) is 0 Å². The van der Waals surface area contributed by atoms with Crippen LogP contribution in [0.25, 0.3) is 0 Å². The highest BCUT2D eigenvalue weighted by Crippen LogP contribution is 2.44. The first kappa shape index (κ1) is 12.9. The third kappa shape index (κ3) is 2.35. The Hall–Kier alpha value is -0.120. The van der Waals surface area contributed by atoms with Crippen LogP contribution in [0.3, 0.4) is 0 Å². The molecule has 1 heterocycles. The minimum absolute atomic E-state index is 0.0386. The molecule has 0 amide bonds. The van der Waals surface area contributed by atoms with Gasteiger partial charge in [-0.1, -0.05) is 20.8 Å². The Morgan fingerprint density at radius 1 is 1.33 bits per heavy atom. The van der Waals surface area contributed by atoms with Crippen molar-refractivity contribution in [1.82, 2.24) is 5.06 Å². The van der Waals surface area contributed by atoms with Crippen LogP contribution in [0.15, 0.2) is 0 Å². The van der Waals surface area contributed by atoms with E-state index in [2.05, 4.69) is 27.7 Å². The van der Waals surface area contributed by atoms with Crippen molar-refractivity contribution in [2.45, 2.75) is 71.5 Å². The van der Waals surface area contributed by atoms with E-state index in [4.69, 9.17) is 5.73 Å². The summed E-state index contributed by atoms with van der Waals surface area (Å²) >= 11 is 0. The topological polar surface area (TPSA) is 49.5 Å². The van der Waals surface area contributed by atoms with Gasteiger partial charge in [-0.05, 0) is 39.0 Å². The molecule has 0 spiro atoms. The van der Waals surface area contributed by atoms with E-state index >= 15 is 0 Å². The van der Waals surface area contributed by atoms with Crippen LogP contribution in [0.1, 0.15) is 54.4 Å². The molecule has 0 bridgehead atoms. The molecule has 1 aliphatic rings. The first-order valence-electron chi connectivity index (χ1n) is 5.74. The van der Waals surface area contributed by atoms with Crippen LogP contribution in [0.4, 0.5) is 0 Å². The summed E-state index contributed by atoms with van der Waals surface area (Å²) in [6.07, 6.45) is 1.75. The summed E-state index contributed by atoms with van der Waals surface area (Å²) in [5, 5.41) is 11.7. The maximum Gasteiger partial charge on any atom is 0.0594 e. The minimum atomic E-state index is -0.304. The van der Waals surface area contributed by atoms with Gasteiger partial charge >= 0.3 is 0 Å². The second-order valence-corrected chi connectivity index (χ2v) is 7.03. The number of nitrogens with two attached hydrogens (primary N) is 1. The molecule has 15 heavy (non-hydrogen) atoms. The fourth-order valence-electron chi connectivity index (χ4n) is 2.97. The van der Waals surface area contributed by atoms with Gasteiger partial charge in [0.2, 0.25) is 0 Å². The molecule has 2 unspecified atom stereocenters. The molecule has 0 aliphatic carbocycles. The largest absolute Gasteiger partial charge is 0.326 e. The second kappa shape index (κ2) is 3.44. The Labute approximate surface area is 93.6 Å². The van der Waals surface area contributed by atoms with Crippen molar-refractivity contribution in [2.75, 3.05) is 0 Å². The average Bonchev–Trinajstić information content (AvgIpc) is 2.09. The molecule has 3 heteroatoms. The van der Waals surface area contributed by atoms with Crippen molar-refractivity contribution >= 4 is 0 Å². The van der Waals surface area contributed by atoms with Crippen LogP contribution in [0, 0.1) is 5.41 Å². The quantitative estimate of drug-likeness (QED) is 0.704. The molecule has 0 aromatic carbocycles. The number of hydrogen-bond acceptors (Lipinski definition) is 3. The third-order valence-electron chi connectivity index (χ3n) is 3.46. The van der Waals surface area contributed by atoms with Crippen LogP contribution in [0.5, 0.6) is 0 Å². The third-order valence-corrected chi connectivity index (χ3v) is 3.46. The molecule has 3 nitrogen and oxygen atoms in total. The molecular formula is C12H26N2O. The lowest BCUT2D eigenvalue weighted by Crippen LogP contribution is -2.54. The fourth-order valence-corrected chi connectivity index (χ4v) is 2.97. The lowest BCUT2D eigenvalue weighted by molar-refractivity contribution is -0.206. The van der Waals surface area contributed by atoms with Gasteiger partial charge in [-0.15, -0.1) is 0 Å². The summed E-state index contributed by atoms with van der Waals surface area (Å²) in [5.41, 5.74) is 5.85. The maximum absolute atomic E-state index is 10.3. The second-order valence-electron chi connectivity index (χ2n) is 7.03. The van der Waals surface area contributed by atoms with E-state index in [-0.39, 0.29) is 22.5 Å². The van der Waals surface area contributed by atoms with Crippen LogP contribution in [-0.2, 0) is 0 Å². The van der Waals surface area contributed by atoms with Crippen molar-refractivity contribution in [3.63, 3.8) is 0 Å². The van der Waals surface area contributed by atoms with E-state index in [1.807, 2.05) is 13.8 Å². The van der Waals surface area contributed by atoms with Gasteiger partial charge in [0.05, 0.1) is 5.54 Å². The summed E-state index contributed by atoms with van der Waals surface area (Å²) in [6, 6.07) is 0.0386. The van der Waals surface area contributed by atoms with Crippen molar-refractivity contribution in [3.05, 3.63) is 0 Å². The standard InChI is InChI=1S/C12H26N2O/c1-10(2,3)8-12(6)9(13)7-11(4,5)14(12)15/h9,15H,7-8,13H2,1-6H3. The molecule has 3 N–H and O–H groups in total. The van der Waals surface area contributed by atoms with E-state index in [0.717, 1.165) is 12.8 Å². The average molecular weight is 214 g/mol. The normalized spacial score (nSPS) is 37.2. The summed E-state index contributed by atoms with van der Waals surface area (Å²) in [7, 11) is 0. The molecule has 0 radical (unpaired) electrons. The lowest BCUT2D eigenvalue weighted by atomic mass is 9.78. The first-order valence-corrected chi connectivity index (χ1v) is 5.74. The summed E-state index contributed by atoms with van der Waals surface area (Å²) in [4.78, 5) is 0. The molecule has 0 saturated carbocycles. The van der Waals surface area contributed by atoms with Crippen LogP contribution in [0.2, 0.25) is 0 Å². The minimum Gasteiger partial charge on any atom is -0.326 e. The number of hydroxylamine groups is 2. The Balaban J connectivity index is 2.93. The van der Waals surface area contributed by atoms with E-state index in [1.165, 1.54) is 5.06 Å². The molecule has 90 valence electrons. The molecule has 0 aromatic heterocycles. The molecule has 1 saturated heterocycles. The van der Waals surface area contributed by atoms with Crippen molar-refractivity contribution in [2.24, 2.45) is 11.1 Å². The van der Waals surface area contributed by atoms with Gasteiger partial charge in [-0.3, -0.25) is 0 Å². The van der Waals surface area contributed by atoms with Crippen molar-refractivity contribution < 1.29 is 5.21 Å². The van der Waals surface area contributed by atoms with Gasteiger partial charge in [0, 0.05) is 11.6 Å². The molecule has 1 aliphatic heterocycles. The molecule has 1 fully saturated rings. The molecule has 1 rings (SSSR count). The zero-order valence-electron chi connectivity index (χ0n) is 11.0. The van der Waals surface area contributed by atoms with Crippen molar-refractivity contribution in [3.8, 4) is 0 Å². The summed E-state index contributed by atoms with van der Waals surface area (Å²) < 4.78 is 0. The van der Waals surface area contributed by atoms with Crippen LogP contribution >= 0.6 is 0 Å². The highest BCUT2D eigenvalue weighted by Gasteiger charge is 2.53. The van der Waals surface area contributed by atoms with E-state index in [9.17, 15) is 5.21 Å². The van der Waals surface area contributed by atoms with Crippen LogP contribution in [-0.4, -0.2) is 27.4 Å². The Morgan fingerprint density at radius 2 is 1.80 bits per heavy atom. The SMILES string of the molecule is CC(C)(C)CC1(C)C(N)CC(C)(C)N1O. The smallest absolute Gasteiger partial charge is 0.0594 e. The predicted molar refractivity (Wildman–Crippen MR) is 62.8 cm³/mol. The van der Waals surface area contributed by atoms with Crippen molar-refractivity contribution in [1.29, 1.82) is 0 Å². The summed E-state index contributed by atoms with van der Waals surface area (Å²) in [5.74, 6) is 0. The van der Waals surface area contributed by atoms with Crippen LogP contribution < -0.4 is 5.73 Å². The number of rotatable bonds is 1. The zero-order valence-corrected chi connectivity index (χ0v) is 11.0. The Kier molecular flexibility index (Phi) is 2.97. The van der Waals surface area contributed by atoms with Gasteiger partial charge in [0.1, 0.15) is 0 Å². The Morgan fingerprint density at radius 3 is 2.07 bits per heavy atom. The van der Waals surface area contributed by atoms with Gasteiger partial charge < -0.3 is 10.9 Å². The molecule has 2 atom stereocenters. The van der Waals surface area contributed by atoms with Gasteiger partial charge in [0.25, 0.3) is 0 Å². The molecular weight excluding hydrogens is 188 g/mol. The predicted octanol–water partition coefficient (Wildman–Crippen LogP) is 2.38. The summed E-state index contributed by atoms with van der Waals surface area (Å²) in [6.45, 7) is 12.7. The number of hydrogen-bond donors (Lipinski definition) is 2. The van der Waals surface area contributed by atoms with Gasteiger partial charge in [-0.2, -0.15) is 5.06 Å². The maximum atomic E-state index is 10.3. The monoisotopic (exact) mass is 214 g/mol. The highest BCUT2D eigenvalue weighted by molar-refractivity contribution is 5.08. The first-order chi connectivity index (χ1) is 6.49. The lowest BCUT2D eigenvalue weighted by Gasteiger charge is -2.42.